The molecule has 20 heavy (non-hydrogen) atoms. The van der Waals surface area contributed by atoms with Gasteiger partial charge in [-0.15, -0.1) is 22.7 Å². The molecule has 1 unspecified atom stereocenters. The summed E-state index contributed by atoms with van der Waals surface area (Å²) in [6.07, 6.45) is 2.17. The molecule has 106 valence electrons. The summed E-state index contributed by atoms with van der Waals surface area (Å²) < 4.78 is 0. The van der Waals surface area contributed by atoms with Crippen LogP contribution < -0.4 is 10.6 Å². The second-order valence-electron chi connectivity index (χ2n) is 4.93. The van der Waals surface area contributed by atoms with Crippen molar-refractivity contribution in [3.05, 3.63) is 28.1 Å². The number of nitrogens with zero attached hydrogens (tertiary/aromatic N) is 1. The molecule has 4 nitrogen and oxygen atoms in total. The average molecular weight is 307 g/mol. The Morgan fingerprint density at radius 2 is 2.45 bits per heavy atom. The van der Waals surface area contributed by atoms with E-state index in [0.717, 1.165) is 46.4 Å². The van der Waals surface area contributed by atoms with Gasteiger partial charge in [-0.1, -0.05) is 6.07 Å². The van der Waals surface area contributed by atoms with Crippen LogP contribution in [0, 0.1) is 6.92 Å². The van der Waals surface area contributed by atoms with E-state index in [-0.39, 0.29) is 11.9 Å². The monoisotopic (exact) mass is 307 g/mol. The normalized spacial score (nSPS) is 18.9. The number of aromatic nitrogens is 1. The highest BCUT2D eigenvalue weighted by Crippen LogP contribution is 2.31. The largest absolute Gasteiger partial charge is 0.347 e. The van der Waals surface area contributed by atoms with Crippen LogP contribution in [-0.4, -0.2) is 30.0 Å². The molecule has 1 fully saturated rings. The van der Waals surface area contributed by atoms with Gasteiger partial charge in [-0.05, 0) is 37.8 Å². The fourth-order valence-electron chi connectivity index (χ4n) is 2.34. The molecule has 1 aliphatic heterocycles. The zero-order chi connectivity index (χ0) is 13.9. The number of thiophene rings is 1. The zero-order valence-corrected chi connectivity index (χ0v) is 12.9. The maximum Gasteiger partial charge on any atom is 0.263 e. The van der Waals surface area contributed by atoms with E-state index in [1.807, 2.05) is 24.4 Å². The number of hydrogen-bond acceptors (Lipinski definition) is 5. The molecule has 0 radical (unpaired) electrons. The summed E-state index contributed by atoms with van der Waals surface area (Å²) in [5, 5.41) is 9.38. The maximum atomic E-state index is 12.4. The first-order chi connectivity index (χ1) is 9.74. The summed E-state index contributed by atoms with van der Waals surface area (Å²) in [5.74, 6) is 0.0107. The molecule has 1 saturated heterocycles. The minimum atomic E-state index is 0.0107. The Bertz CT molecular complexity index is 586. The van der Waals surface area contributed by atoms with Crippen molar-refractivity contribution < 1.29 is 4.79 Å². The molecule has 3 rings (SSSR count). The van der Waals surface area contributed by atoms with Crippen molar-refractivity contribution in [1.29, 1.82) is 0 Å². The van der Waals surface area contributed by atoms with Crippen LogP contribution in [0.5, 0.6) is 0 Å². The summed E-state index contributed by atoms with van der Waals surface area (Å²) in [5.41, 5.74) is 0.819. The number of thiazole rings is 1. The SMILES string of the molecule is Cc1nc(-c2cccs2)sc1C(=O)NC1CCCNC1. The number of nitrogens with one attached hydrogen (secondary N) is 2. The van der Waals surface area contributed by atoms with E-state index in [1.54, 1.807) is 11.3 Å². The Kier molecular flexibility index (Phi) is 4.14. The fourth-order valence-corrected chi connectivity index (χ4v) is 4.10. The van der Waals surface area contributed by atoms with Crippen LogP contribution in [0.1, 0.15) is 28.2 Å². The van der Waals surface area contributed by atoms with E-state index in [1.165, 1.54) is 11.3 Å². The van der Waals surface area contributed by atoms with Crippen LogP contribution in [0.4, 0.5) is 0 Å². The molecule has 0 saturated carbocycles. The minimum Gasteiger partial charge on any atom is -0.347 e. The highest BCUT2D eigenvalue weighted by atomic mass is 32.1. The Hall–Kier alpha value is -1.24. The third-order valence-corrected chi connectivity index (χ3v) is 5.56. The first-order valence-corrected chi connectivity index (χ1v) is 8.46. The van der Waals surface area contributed by atoms with Gasteiger partial charge < -0.3 is 10.6 Å². The minimum absolute atomic E-state index is 0.0107. The van der Waals surface area contributed by atoms with Crippen molar-refractivity contribution in [2.24, 2.45) is 0 Å². The van der Waals surface area contributed by atoms with Gasteiger partial charge in [0.05, 0.1) is 10.6 Å². The van der Waals surface area contributed by atoms with E-state index < -0.39 is 0 Å². The first-order valence-electron chi connectivity index (χ1n) is 6.77. The molecule has 0 aliphatic carbocycles. The van der Waals surface area contributed by atoms with Crippen molar-refractivity contribution in [3.8, 4) is 9.88 Å². The number of carbonyl (C=O) groups excluding carboxylic acids is 1. The topological polar surface area (TPSA) is 54.0 Å². The van der Waals surface area contributed by atoms with Gasteiger partial charge >= 0.3 is 0 Å². The first kappa shape index (κ1) is 13.7. The van der Waals surface area contributed by atoms with Crippen LogP contribution in [0.15, 0.2) is 17.5 Å². The van der Waals surface area contributed by atoms with Crippen molar-refractivity contribution in [3.63, 3.8) is 0 Å². The summed E-state index contributed by atoms with van der Waals surface area (Å²) in [4.78, 5) is 18.7. The van der Waals surface area contributed by atoms with Gasteiger partial charge in [0.1, 0.15) is 9.88 Å². The Morgan fingerprint density at radius 1 is 1.55 bits per heavy atom. The smallest absolute Gasteiger partial charge is 0.263 e. The van der Waals surface area contributed by atoms with Gasteiger partial charge in [0, 0.05) is 12.6 Å². The number of hydrogen-bond donors (Lipinski definition) is 2. The van der Waals surface area contributed by atoms with E-state index in [2.05, 4.69) is 15.6 Å². The van der Waals surface area contributed by atoms with E-state index in [9.17, 15) is 4.79 Å². The molecule has 2 aromatic rings. The molecule has 2 aromatic heterocycles. The molecule has 1 atom stereocenters. The van der Waals surface area contributed by atoms with E-state index in [4.69, 9.17) is 0 Å². The van der Waals surface area contributed by atoms with Crippen LogP contribution in [0.25, 0.3) is 9.88 Å². The van der Waals surface area contributed by atoms with Crippen molar-refractivity contribution in [2.45, 2.75) is 25.8 Å². The third-order valence-electron chi connectivity index (χ3n) is 3.37. The molecule has 0 spiro atoms. The molecule has 0 bridgehead atoms. The Morgan fingerprint density at radius 3 is 3.15 bits per heavy atom. The van der Waals surface area contributed by atoms with Crippen molar-refractivity contribution >= 4 is 28.6 Å². The predicted molar refractivity (Wildman–Crippen MR) is 83.5 cm³/mol. The molecule has 2 N–H and O–H groups in total. The summed E-state index contributed by atoms with van der Waals surface area (Å²) in [6.45, 7) is 3.82. The molecular formula is C14H17N3OS2. The molecule has 0 aromatic carbocycles. The van der Waals surface area contributed by atoms with Gasteiger partial charge in [0.15, 0.2) is 0 Å². The Labute approximate surface area is 126 Å². The number of rotatable bonds is 3. The highest BCUT2D eigenvalue weighted by Gasteiger charge is 2.20. The van der Waals surface area contributed by atoms with E-state index >= 15 is 0 Å². The number of amides is 1. The molecule has 6 heteroatoms. The van der Waals surface area contributed by atoms with E-state index in [0.29, 0.717) is 0 Å². The summed E-state index contributed by atoms with van der Waals surface area (Å²) in [6, 6.07) is 4.28. The fraction of sp³-hybridized carbons (Fsp3) is 0.429. The molecule has 1 aliphatic rings. The highest BCUT2D eigenvalue weighted by molar-refractivity contribution is 7.22. The summed E-state index contributed by atoms with van der Waals surface area (Å²) >= 11 is 3.13. The van der Waals surface area contributed by atoms with Crippen LogP contribution in [0.3, 0.4) is 0 Å². The van der Waals surface area contributed by atoms with Gasteiger partial charge in [0.25, 0.3) is 5.91 Å². The lowest BCUT2D eigenvalue weighted by Gasteiger charge is -2.23. The second kappa shape index (κ2) is 6.03. The Balaban J connectivity index is 1.74. The maximum absolute atomic E-state index is 12.4. The van der Waals surface area contributed by atoms with Gasteiger partial charge in [-0.3, -0.25) is 4.79 Å². The predicted octanol–water partition coefficient (Wildman–Crippen LogP) is 2.66. The lowest BCUT2D eigenvalue weighted by molar-refractivity contribution is 0.0934. The number of carbonyl (C=O) groups is 1. The van der Waals surface area contributed by atoms with Crippen LogP contribution in [0.2, 0.25) is 0 Å². The van der Waals surface area contributed by atoms with Crippen molar-refractivity contribution in [2.75, 3.05) is 13.1 Å². The second-order valence-corrected chi connectivity index (χ2v) is 6.87. The lowest BCUT2D eigenvalue weighted by Crippen LogP contribution is -2.45. The average Bonchev–Trinajstić information content (AvgIpc) is 3.08. The van der Waals surface area contributed by atoms with Gasteiger partial charge in [-0.2, -0.15) is 0 Å². The summed E-state index contributed by atoms with van der Waals surface area (Å²) in [7, 11) is 0. The van der Waals surface area contributed by atoms with Crippen LogP contribution in [-0.2, 0) is 0 Å². The molecular weight excluding hydrogens is 290 g/mol. The number of aryl methyl sites for hydroxylation is 1. The quantitative estimate of drug-likeness (QED) is 0.916. The van der Waals surface area contributed by atoms with Gasteiger partial charge in [0.2, 0.25) is 0 Å². The molecule has 1 amide bonds. The lowest BCUT2D eigenvalue weighted by atomic mass is 10.1. The third kappa shape index (κ3) is 2.92. The zero-order valence-electron chi connectivity index (χ0n) is 11.3. The number of piperidine rings is 1. The standard InChI is InChI=1S/C14H17N3OS2/c1-9-12(13(18)17-10-4-2-6-15-8-10)20-14(16-9)11-5-3-7-19-11/h3,5,7,10,15H,2,4,6,8H2,1H3,(H,17,18). The van der Waals surface area contributed by atoms with Crippen molar-refractivity contribution in [1.82, 2.24) is 15.6 Å². The van der Waals surface area contributed by atoms with Gasteiger partial charge in [-0.25, -0.2) is 4.98 Å². The molecule has 3 heterocycles. The van der Waals surface area contributed by atoms with Crippen LogP contribution >= 0.6 is 22.7 Å².